The first-order valence-corrected chi connectivity index (χ1v) is 7.99. The summed E-state index contributed by atoms with van der Waals surface area (Å²) < 4.78 is 5.42. The van der Waals surface area contributed by atoms with E-state index in [9.17, 15) is 5.11 Å². The summed E-state index contributed by atoms with van der Waals surface area (Å²) in [6.07, 6.45) is 3.89. The van der Waals surface area contributed by atoms with E-state index in [0.717, 1.165) is 32.1 Å². The first-order valence-electron chi connectivity index (χ1n) is 7.99. The van der Waals surface area contributed by atoms with Gasteiger partial charge in [0.05, 0.1) is 12.6 Å². The monoisotopic (exact) mass is 320 g/mol. The summed E-state index contributed by atoms with van der Waals surface area (Å²) >= 11 is 0. The number of anilines is 1. The lowest BCUT2D eigenvalue weighted by Gasteiger charge is -2.35. The average Bonchev–Trinajstić information content (AvgIpc) is 2.93. The van der Waals surface area contributed by atoms with Gasteiger partial charge >= 0.3 is 0 Å². The van der Waals surface area contributed by atoms with E-state index in [2.05, 4.69) is 19.9 Å². The number of hydrogen-bond acceptors (Lipinski definition) is 6. The lowest BCUT2D eigenvalue weighted by Crippen LogP contribution is -2.52. The van der Waals surface area contributed by atoms with Crippen molar-refractivity contribution in [2.45, 2.75) is 25.0 Å². The first-order chi connectivity index (χ1) is 11.1. The van der Waals surface area contributed by atoms with Crippen LogP contribution in [0.5, 0.6) is 0 Å². The van der Waals surface area contributed by atoms with Crippen LogP contribution in [-0.4, -0.2) is 77.0 Å². The fraction of sp³-hybridized carbons (Fsp3) is 0.667. The predicted molar refractivity (Wildman–Crippen MR) is 87.3 cm³/mol. The van der Waals surface area contributed by atoms with Gasteiger partial charge in [0, 0.05) is 51.6 Å². The number of aromatic nitrogens is 2. The topological polar surface area (TPSA) is 100 Å². The normalized spacial score (nSPS) is 29.1. The van der Waals surface area contributed by atoms with E-state index in [1.807, 2.05) is 17.9 Å². The van der Waals surface area contributed by atoms with Crippen molar-refractivity contribution in [1.82, 2.24) is 14.9 Å². The number of nitrogens with zero attached hydrogens (tertiary/aromatic N) is 5. The Hall–Kier alpha value is -1.93. The van der Waals surface area contributed by atoms with Gasteiger partial charge < -0.3 is 25.4 Å². The van der Waals surface area contributed by atoms with Crippen LogP contribution in [0.3, 0.4) is 0 Å². The molecule has 8 heteroatoms. The van der Waals surface area contributed by atoms with Gasteiger partial charge in [0.1, 0.15) is 5.60 Å². The Morgan fingerprint density at radius 2 is 2.09 bits per heavy atom. The average molecular weight is 320 g/mol. The minimum atomic E-state index is -0.898. The zero-order chi connectivity index (χ0) is 16.3. The van der Waals surface area contributed by atoms with Crippen LogP contribution < -0.4 is 10.6 Å². The van der Waals surface area contributed by atoms with Crippen LogP contribution in [-0.2, 0) is 4.74 Å². The molecule has 0 spiro atoms. The molecule has 3 N–H and O–H groups in total. The van der Waals surface area contributed by atoms with Crippen LogP contribution in [0.2, 0.25) is 0 Å². The van der Waals surface area contributed by atoms with Crippen LogP contribution in [0.25, 0.3) is 0 Å². The quantitative estimate of drug-likeness (QED) is 0.569. The number of hydrogen-bond donors (Lipinski definition) is 2. The van der Waals surface area contributed by atoms with Gasteiger partial charge in [-0.3, -0.25) is 4.99 Å². The van der Waals surface area contributed by atoms with Crippen molar-refractivity contribution in [2.75, 3.05) is 44.2 Å². The summed E-state index contributed by atoms with van der Waals surface area (Å²) in [4.78, 5) is 17.1. The Morgan fingerprint density at radius 1 is 1.39 bits per heavy atom. The molecule has 1 aromatic rings. The number of nitrogens with two attached hydrogens (primary N) is 1. The van der Waals surface area contributed by atoms with Crippen molar-refractivity contribution >= 4 is 11.9 Å². The molecule has 2 aliphatic heterocycles. The van der Waals surface area contributed by atoms with E-state index < -0.39 is 5.60 Å². The number of piperazine rings is 1. The SMILES string of the molecule is CC1OCCC1(O)CN=C(N)N1CCN(c2ncccn2)CC1. The van der Waals surface area contributed by atoms with Gasteiger partial charge in [-0.1, -0.05) is 0 Å². The Balaban J connectivity index is 1.54. The van der Waals surface area contributed by atoms with Crippen LogP contribution in [0.15, 0.2) is 23.5 Å². The molecule has 2 atom stereocenters. The van der Waals surface area contributed by atoms with Gasteiger partial charge in [-0.15, -0.1) is 0 Å². The van der Waals surface area contributed by atoms with E-state index in [-0.39, 0.29) is 12.6 Å². The number of ether oxygens (including phenoxy) is 1. The largest absolute Gasteiger partial charge is 0.385 e. The summed E-state index contributed by atoms with van der Waals surface area (Å²) in [5, 5.41) is 10.5. The Morgan fingerprint density at radius 3 is 2.70 bits per heavy atom. The summed E-state index contributed by atoms with van der Waals surface area (Å²) in [5.41, 5.74) is 5.19. The standard InChI is InChI=1S/C15H24N6O2/c1-12-15(22,3-10-23-12)11-19-13(16)20-6-8-21(9-7-20)14-17-4-2-5-18-14/h2,4-5,12,22H,3,6-11H2,1H3,(H2,16,19). The Bertz CT molecular complexity index is 546. The molecule has 0 aromatic carbocycles. The van der Waals surface area contributed by atoms with E-state index in [1.54, 1.807) is 12.4 Å². The zero-order valence-electron chi connectivity index (χ0n) is 13.4. The van der Waals surface area contributed by atoms with Crippen molar-refractivity contribution in [3.05, 3.63) is 18.5 Å². The molecule has 23 heavy (non-hydrogen) atoms. The predicted octanol–water partition coefficient (Wildman–Crippen LogP) is -0.547. The van der Waals surface area contributed by atoms with E-state index in [1.165, 1.54) is 0 Å². The smallest absolute Gasteiger partial charge is 0.225 e. The highest BCUT2D eigenvalue weighted by molar-refractivity contribution is 5.78. The third kappa shape index (κ3) is 3.53. The highest BCUT2D eigenvalue weighted by Gasteiger charge is 2.39. The minimum Gasteiger partial charge on any atom is -0.385 e. The maximum atomic E-state index is 10.5. The van der Waals surface area contributed by atoms with Gasteiger partial charge in [-0.2, -0.15) is 0 Å². The molecular formula is C15H24N6O2. The highest BCUT2D eigenvalue weighted by Crippen LogP contribution is 2.25. The van der Waals surface area contributed by atoms with Crippen LogP contribution in [0.4, 0.5) is 5.95 Å². The maximum absolute atomic E-state index is 10.5. The number of guanidine groups is 1. The van der Waals surface area contributed by atoms with Crippen molar-refractivity contribution < 1.29 is 9.84 Å². The van der Waals surface area contributed by atoms with Gasteiger partial charge in [-0.25, -0.2) is 9.97 Å². The molecule has 2 fully saturated rings. The number of aliphatic imine (C=N–C) groups is 1. The van der Waals surface area contributed by atoms with E-state index in [4.69, 9.17) is 10.5 Å². The van der Waals surface area contributed by atoms with Crippen molar-refractivity contribution in [3.63, 3.8) is 0 Å². The minimum absolute atomic E-state index is 0.203. The molecule has 3 rings (SSSR count). The Labute approximate surface area is 136 Å². The van der Waals surface area contributed by atoms with Crippen LogP contribution in [0, 0.1) is 0 Å². The molecule has 2 aliphatic rings. The van der Waals surface area contributed by atoms with Crippen molar-refractivity contribution in [3.8, 4) is 0 Å². The lowest BCUT2D eigenvalue weighted by atomic mass is 9.97. The number of aliphatic hydroxyl groups is 1. The molecule has 2 saturated heterocycles. The number of rotatable bonds is 3. The van der Waals surface area contributed by atoms with Crippen LogP contribution >= 0.6 is 0 Å². The molecule has 8 nitrogen and oxygen atoms in total. The summed E-state index contributed by atoms with van der Waals surface area (Å²) in [6, 6.07) is 1.81. The molecule has 1 aromatic heterocycles. The summed E-state index contributed by atoms with van der Waals surface area (Å²) in [5.74, 6) is 1.22. The second-order valence-electron chi connectivity index (χ2n) is 6.06. The second-order valence-corrected chi connectivity index (χ2v) is 6.06. The third-order valence-electron chi connectivity index (χ3n) is 4.61. The molecule has 0 radical (unpaired) electrons. The highest BCUT2D eigenvalue weighted by atomic mass is 16.5. The zero-order valence-corrected chi connectivity index (χ0v) is 13.4. The van der Waals surface area contributed by atoms with Gasteiger partial charge in [0.25, 0.3) is 0 Å². The van der Waals surface area contributed by atoms with Crippen LogP contribution in [0.1, 0.15) is 13.3 Å². The summed E-state index contributed by atoms with van der Waals surface area (Å²) in [6.45, 7) is 5.84. The molecular weight excluding hydrogens is 296 g/mol. The maximum Gasteiger partial charge on any atom is 0.225 e. The molecule has 3 heterocycles. The first kappa shape index (κ1) is 15.9. The molecule has 2 unspecified atom stereocenters. The molecule has 126 valence electrons. The van der Waals surface area contributed by atoms with Crippen molar-refractivity contribution in [1.29, 1.82) is 0 Å². The molecule has 0 aliphatic carbocycles. The molecule has 0 amide bonds. The van der Waals surface area contributed by atoms with Gasteiger partial charge in [-0.05, 0) is 13.0 Å². The van der Waals surface area contributed by atoms with E-state index >= 15 is 0 Å². The van der Waals surface area contributed by atoms with Gasteiger partial charge in [0.2, 0.25) is 5.95 Å². The Kier molecular flexibility index (Phi) is 4.63. The lowest BCUT2D eigenvalue weighted by molar-refractivity contribution is -0.0202. The molecule has 0 bridgehead atoms. The molecule has 0 saturated carbocycles. The third-order valence-corrected chi connectivity index (χ3v) is 4.61. The van der Waals surface area contributed by atoms with E-state index in [0.29, 0.717) is 19.0 Å². The fourth-order valence-electron chi connectivity index (χ4n) is 2.89. The second kappa shape index (κ2) is 6.67. The van der Waals surface area contributed by atoms with Gasteiger partial charge in [0.15, 0.2) is 5.96 Å². The summed E-state index contributed by atoms with van der Waals surface area (Å²) in [7, 11) is 0. The van der Waals surface area contributed by atoms with Crippen molar-refractivity contribution in [2.24, 2.45) is 10.7 Å². The fourth-order valence-corrected chi connectivity index (χ4v) is 2.89.